The summed E-state index contributed by atoms with van der Waals surface area (Å²) in [6.07, 6.45) is 0. The molecule has 132 valence electrons. The molecule has 6 heteroatoms. The first kappa shape index (κ1) is 16.8. The summed E-state index contributed by atoms with van der Waals surface area (Å²) in [6, 6.07) is 19.3. The molecule has 2 aromatic heterocycles. The number of fused-ring (bicyclic) bond motifs is 4. The summed E-state index contributed by atoms with van der Waals surface area (Å²) in [5.41, 5.74) is 2.15. The molecule has 0 atom stereocenters. The SMILES string of the molecule is O=c1cc(CSc2nc3cc(Cl)ccc3s2)c2c(ccc3ccccc32)o1. The number of benzene rings is 3. The molecule has 0 aliphatic heterocycles. The topological polar surface area (TPSA) is 43.1 Å². The van der Waals surface area contributed by atoms with Crippen LogP contribution in [0.5, 0.6) is 0 Å². The highest BCUT2D eigenvalue weighted by atomic mass is 35.5. The molecule has 0 radical (unpaired) electrons. The van der Waals surface area contributed by atoms with E-state index in [9.17, 15) is 4.79 Å². The Morgan fingerprint density at radius 3 is 2.89 bits per heavy atom. The van der Waals surface area contributed by atoms with Gasteiger partial charge in [0.15, 0.2) is 4.34 Å². The van der Waals surface area contributed by atoms with Crippen molar-refractivity contribution >= 4 is 66.7 Å². The van der Waals surface area contributed by atoms with Gasteiger partial charge in [-0.3, -0.25) is 0 Å². The van der Waals surface area contributed by atoms with Crippen LogP contribution in [0.3, 0.4) is 0 Å². The zero-order valence-electron chi connectivity index (χ0n) is 13.9. The molecular weight excluding hydrogens is 398 g/mol. The molecule has 0 aliphatic carbocycles. The second-order valence-corrected chi connectivity index (χ2v) is 8.82. The van der Waals surface area contributed by atoms with Crippen LogP contribution in [-0.2, 0) is 5.75 Å². The third kappa shape index (κ3) is 3.12. The van der Waals surface area contributed by atoms with Gasteiger partial charge in [-0.15, -0.1) is 11.3 Å². The van der Waals surface area contributed by atoms with Gasteiger partial charge in [0.2, 0.25) is 0 Å². The molecule has 27 heavy (non-hydrogen) atoms. The quantitative estimate of drug-likeness (QED) is 0.194. The smallest absolute Gasteiger partial charge is 0.336 e. The Kier molecular flexibility index (Phi) is 4.16. The van der Waals surface area contributed by atoms with Gasteiger partial charge in [0.05, 0.1) is 10.2 Å². The fraction of sp³-hybridized carbons (Fsp3) is 0.0476. The molecule has 0 aliphatic rings. The van der Waals surface area contributed by atoms with Crippen molar-refractivity contribution in [2.75, 3.05) is 0 Å². The number of hydrogen-bond donors (Lipinski definition) is 0. The normalized spacial score (nSPS) is 11.6. The largest absolute Gasteiger partial charge is 0.423 e. The van der Waals surface area contributed by atoms with Gasteiger partial charge in [0, 0.05) is 22.2 Å². The molecule has 0 fully saturated rings. The van der Waals surface area contributed by atoms with Crippen molar-refractivity contribution in [3.05, 3.63) is 81.7 Å². The van der Waals surface area contributed by atoms with Crippen LogP contribution in [0.15, 0.2) is 74.2 Å². The van der Waals surface area contributed by atoms with E-state index in [1.165, 1.54) is 0 Å². The second kappa shape index (κ2) is 6.68. The lowest BCUT2D eigenvalue weighted by atomic mass is 10.0. The highest BCUT2D eigenvalue weighted by Crippen LogP contribution is 2.35. The van der Waals surface area contributed by atoms with Gasteiger partial charge in [0.1, 0.15) is 5.58 Å². The molecule has 5 rings (SSSR count). The van der Waals surface area contributed by atoms with Crippen molar-refractivity contribution in [1.82, 2.24) is 4.98 Å². The van der Waals surface area contributed by atoms with Crippen LogP contribution in [0, 0.1) is 0 Å². The highest BCUT2D eigenvalue weighted by Gasteiger charge is 2.12. The maximum Gasteiger partial charge on any atom is 0.336 e. The molecule has 2 heterocycles. The van der Waals surface area contributed by atoms with Crippen molar-refractivity contribution in [2.45, 2.75) is 10.1 Å². The lowest BCUT2D eigenvalue weighted by molar-refractivity contribution is 0.560. The van der Waals surface area contributed by atoms with Crippen LogP contribution in [-0.4, -0.2) is 4.98 Å². The van der Waals surface area contributed by atoms with E-state index in [1.807, 2.05) is 42.5 Å². The van der Waals surface area contributed by atoms with Gasteiger partial charge < -0.3 is 4.42 Å². The summed E-state index contributed by atoms with van der Waals surface area (Å²) >= 11 is 9.30. The average Bonchev–Trinajstić information content (AvgIpc) is 3.07. The maximum absolute atomic E-state index is 12.0. The van der Waals surface area contributed by atoms with Crippen molar-refractivity contribution < 1.29 is 4.42 Å². The molecule has 0 N–H and O–H groups in total. The van der Waals surface area contributed by atoms with E-state index in [0.29, 0.717) is 16.4 Å². The average molecular weight is 410 g/mol. The predicted molar refractivity (Wildman–Crippen MR) is 114 cm³/mol. The molecule has 0 saturated carbocycles. The second-order valence-electron chi connectivity index (χ2n) is 6.13. The molecule has 3 aromatic carbocycles. The monoisotopic (exact) mass is 409 g/mol. The third-order valence-corrected chi connectivity index (χ3v) is 6.86. The van der Waals surface area contributed by atoms with Crippen LogP contribution in [0.2, 0.25) is 5.02 Å². The zero-order chi connectivity index (χ0) is 18.4. The fourth-order valence-electron chi connectivity index (χ4n) is 3.21. The Balaban J connectivity index is 1.59. The van der Waals surface area contributed by atoms with Crippen LogP contribution in [0.25, 0.3) is 32.0 Å². The van der Waals surface area contributed by atoms with E-state index < -0.39 is 0 Å². The van der Waals surface area contributed by atoms with Crippen LogP contribution >= 0.6 is 34.7 Å². The number of aromatic nitrogens is 1. The number of thioether (sulfide) groups is 1. The van der Waals surface area contributed by atoms with Crippen molar-refractivity contribution in [1.29, 1.82) is 0 Å². The first-order valence-electron chi connectivity index (χ1n) is 8.31. The van der Waals surface area contributed by atoms with E-state index in [-0.39, 0.29) is 5.63 Å². The van der Waals surface area contributed by atoms with Crippen molar-refractivity contribution in [3.8, 4) is 0 Å². The van der Waals surface area contributed by atoms with E-state index in [0.717, 1.165) is 36.3 Å². The Morgan fingerprint density at radius 1 is 1.07 bits per heavy atom. The summed E-state index contributed by atoms with van der Waals surface area (Å²) < 4.78 is 7.49. The van der Waals surface area contributed by atoms with Crippen molar-refractivity contribution in [3.63, 3.8) is 0 Å². The first-order chi connectivity index (χ1) is 13.2. The molecule has 3 nitrogen and oxygen atoms in total. The van der Waals surface area contributed by atoms with Gasteiger partial charge in [-0.1, -0.05) is 53.7 Å². The van der Waals surface area contributed by atoms with Gasteiger partial charge in [0.25, 0.3) is 0 Å². The Bertz CT molecular complexity index is 1370. The summed E-state index contributed by atoms with van der Waals surface area (Å²) in [7, 11) is 0. The van der Waals surface area contributed by atoms with Gasteiger partial charge in [-0.2, -0.15) is 0 Å². The van der Waals surface area contributed by atoms with E-state index >= 15 is 0 Å². The lowest BCUT2D eigenvalue weighted by Gasteiger charge is -2.07. The summed E-state index contributed by atoms with van der Waals surface area (Å²) in [6.45, 7) is 0. The van der Waals surface area contributed by atoms with Crippen LogP contribution < -0.4 is 5.63 Å². The molecule has 0 spiro atoms. The number of halogens is 1. The third-order valence-electron chi connectivity index (χ3n) is 4.40. The molecular formula is C21H12ClNO2S2. The number of thiazole rings is 1. The van der Waals surface area contributed by atoms with Gasteiger partial charge in [-0.05, 0) is 40.6 Å². The Labute approximate surface area is 167 Å². The van der Waals surface area contributed by atoms with Crippen LogP contribution in [0.1, 0.15) is 5.56 Å². The lowest BCUT2D eigenvalue weighted by Crippen LogP contribution is -2.00. The Morgan fingerprint density at radius 2 is 1.96 bits per heavy atom. The summed E-state index contributed by atoms with van der Waals surface area (Å²) in [4.78, 5) is 16.7. The summed E-state index contributed by atoms with van der Waals surface area (Å²) in [5, 5.41) is 3.89. The van der Waals surface area contributed by atoms with Crippen LogP contribution in [0.4, 0.5) is 0 Å². The maximum atomic E-state index is 12.0. The minimum Gasteiger partial charge on any atom is -0.423 e. The molecule has 0 unspecified atom stereocenters. The minimum atomic E-state index is -0.329. The highest BCUT2D eigenvalue weighted by molar-refractivity contribution is 8.00. The molecule has 0 amide bonds. The van der Waals surface area contributed by atoms with E-state index in [1.54, 1.807) is 29.2 Å². The number of nitrogens with zero attached hydrogens (tertiary/aromatic N) is 1. The standard InChI is InChI=1S/C21H12ClNO2S2/c22-14-6-8-18-16(10-14)23-21(27-18)26-11-13-9-19(24)25-17-7-5-12-3-1-2-4-15(12)20(13)17/h1-10H,11H2. The number of hydrogen-bond acceptors (Lipinski definition) is 5. The first-order valence-corrected chi connectivity index (χ1v) is 10.5. The molecule has 0 bridgehead atoms. The summed E-state index contributed by atoms with van der Waals surface area (Å²) in [5.74, 6) is 0.643. The minimum absolute atomic E-state index is 0.329. The zero-order valence-corrected chi connectivity index (χ0v) is 16.3. The predicted octanol–water partition coefficient (Wildman–Crippen LogP) is 6.50. The van der Waals surface area contributed by atoms with Crippen molar-refractivity contribution in [2.24, 2.45) is 0 Å². The van der Waals surface area contributed by atoms with Gasteiger partial charge in [-0.25, -0.2) is 9.78 Å². The molecule has 0 saturated heterocycles. The number of rotatable bonds is 3. The van der Waals surface area contributed by atoms with E-state index in [2.05, 4.69) is 17.1 Å². The molecule has 5 aromatic rings. The Hall–Kier alpha value is -2.34. The van der Waals surface area contributed by atoms with E-state index in [4.69, 9.17) is 16.0 Å². The fourth-order valence-corrected chi connectivity index (χ4v) is 5.41. The van der Waals surface area contributed by atoms with Gasteiger partial charge >= 0.3 is 5.63 Å².